The highest BCUT2D eigenvalue weighted by atomic mass is 35.5. The summed E-state index contributed by atoms with van der Waals surface area (Å²) in [6.07, 6.45) is 0. The van der Waals surface area contributed by atoms with Crippen molar-refractivity contribution in [1.82, 2.24) is 9.78 Å². The van der Waals surface area contributed by atoms with E-state index in [1.54, 1.807) is 25.1 Å². The minimum absolute atomic E-state index is 0.185. The summed E-state index contributed by atoms with van der Waals surface area (Å²) < 4.78 is 1.50. The number of benzene rings is 2. The number of amides is 1. The van der Waals surface area contributed by atoms with Gasteiger partial charge in [-0.3, -0.25) is 9.59 Å². The number of hydrogen-bond acceptors (Lipinski definition) is 3. The molecule has 3 aromatic rings. The molecule has 0 aliphatic rings. The van der Waals surface area contributed by atoms with E-state index in [4.69, 9.17) is 11.6 Å². The zero-order valence-corrected chi connectivity index (χ0v) is 15.5. The third kappa shape index (κ3) is 3.68. The number of rotatable bonds is 3. The zero-order chi connectivity index (χ0) is 18.8. The molecule has 0 aliphatic carbocycles. The second-order valence-corrected chi connectivity index (χ2v) is 6.60. The molecule has 1 amide bonds. The minimum atomic E-state index is -0.555. The lowest BCUT2D eigenvalue weighted by atomic mass is 10.1. The molecule has 0 saturated heterocycles. The van der Waals surface area contributed by atoms with Gasteiger partial charge in [0.25, 0.3) is 5.91 Å². The highest BCUT2D eigenvalue weighted by Crippen LogP contribution is 2.20. The number of aryl methyl sites for hydroxylation is 3. The zero-order valence-electron chi connectivity index (χ0n) is 14.7. The third-order valence-electron chi connectivity index (χ3n) is 3.88. The predicted octanol–water partition coefficient (Wildman–Crippen LogP) is 4.06. The Bertz CT molecular complexity index is 1040. The lowest BCUT2D eigenvalue weighted by Crippen LogP contribution is -2.27. The summed E-state index contributed by atoms with van der Waals surface area (Å²) in [4.78, 5) is 24.9. The molecule has 0 radical (unpaired) electrons. The van der Waals surface area contributed by atoms with E-state index in [2.05, 4.69) is 10.4 Å². The molecule has 0 spiro atoms. The van der Waals surface area contributed by atoms with Gasteiger partial charge in [-0.2, -0.15) is 5.10 Å². The average molecular weight is 368 g/mol. The van der Waals surface area contributed by atoms with Crippen molar-refractivity contribution in [2.45, 2.75) is 20.8 Å². The van der Waals surface area contributed by atoms with Crippen LogP contribution < -0.4 is 10.7 Å². The van der Waals surface area contributed by atoms with Crippen molar-refractivity contribution in [1.29, 1.82) is 0 Å². The van der Waals surface area contributed by atoms with Crippen LogP contribution in [0.4, 0.5) is 5.69 Å². The highest BCUT2D eigenvalue weighted by Gasteiger charge is 2.16. The van der Waals surface area contributed by atoms with Crippen molar-refractivity contribution in [3.8, 4) is 5.69 Å². The molecule has 0 saturated carbocycles. The lowest BCUT2D eigenvalue weighted by Gasteiger charge is -2.13. The number of nitrogens with zero attached hydrogens (tertiary/aromatic N) is 2. The van der Waals surface area contributed by atoms with Crippen LogP contribution in [0, 0.1) is 20.8 Å². The summed E-state index contributed by atoms with van der Waals surface area (Å²) >= 11 is 6.23. The van der Waals surface area contributed by atoms with Gasteiger partial charge in [0.2, 0.25) is 5.43 Å². The number of nitrogens with one attached hydrogen (secondary N) is 1. The smallest absolute Gasteiger partial charge is 0.280 e. The molecule has 0 bridgehead atoms. The molecule has 1 N–H and O–H groups in total. The highest BCUT2D eigenvalue weighted by molar-refractivity contribution is 6.32. The van der Waals surface area contributed by atoms with Crippen LogP contribution in [0.3, 0.4) is 0 Å². The second kappa shape index (κ2) is 7.14. The molecule has 26 heavy (non-hydrogen) atoms. The molecule has 0 fully saturated rings. The van der Waals surface area contributed by atoms with Crippen LogP contribution in [0.15, 0.2) is 53.3 Å². The van der Waals surface area contributed by atoms with E-state index in [0.29, 0.717) is 22.1 Å². The summed E-state index contributed by atoms with van der Waals surface area (Å²) in [5, 5.41) is 7.48. The van der Waals surface area contributed by atoms with Gasteiger partial charge in [-0.25, -0.2) is 4.68 Å². The fourth-order valence-electron chi connectivity index (χ4n) is 2.81. The number of aromatic nitrogens is 2. The Morgan fingerprint density at radius 1 is 1.04 bits per heavy atom. The Balaban J connectivity index is 2.02. The molecule has 0 atom stereocenters. The van der Waals surface area contributed by atoms with Gasteiger partial charge < -0.3 is 5.32 Å². The normalized spacial score (nSPS) is 10.6. The van der Waals surface area contributed by atoms with Crippen LogP contribution >= 0.6 is 11.6 Å². The molecule has 3 rings (SSSR count). The van der Waals surface area contributed by atoms with E-state index in [0.717, 1.165) is 11.1 Å². The SMILES string of the molecule is Cc1cc(C)cc(NC(=O)c2nn(-c3ccccc3Cl)c(C)cc2=O)c1. The largest absolute Gasteiger partial charge is 0.320 e. The fraction of sp³-hybridized carbons (Fsp3) is 0.150. The van der Waals surface area contributed by atoms with Crippen LogP contribution in [0.1, 0.15) is 27.3 Å². The minimum Gasteiger partial charge on any atom is -0.320 e. The van der Waals surface area contributed by atoms with Gasteiger partial charge in [0.15, 0.2) is 5.69 Å². The summed E-state index contributed by atoms with van der Waals surface area (Å²) in [6.45, 7) is 5.62. The maximum absolute atomic E-state index is 12.6. The van der Waals surface area contributed by atoms with Crippen LogP contribution in [0.25, 0.3) is 5.69 Å². The first-order valence-corrected chi connectivity index (χ1v) is 8.48. The first-order chi connectivity index (χ1) is 12.3. The number of hydrogen-bond donors (Lipinski definition) is 1. The summed E-state index contributed by atoms with van der Waals surface area (Å²) in [6, 6.07) is 14.2. The topological polar surface area (TPSA) is 64.0 Å². The van der Waals surface area contributed by atoms with Gasteiger partial charge in [0, 0.05) is 17.4 Å². The van der Waals surface area contributed by atoms with Crippen molar-refractivity contribution in [3.63, 3.8) is 0 Å². The van der Waals surface area contributed by atoms with Gasteiger partial charge >= 0.3 is 0 Å². The van der Waals surface area contributed by atoms with E-state index in [1.165, 1.54) is 10.7 Å². The Morgan fingerprint density at radius 3 is 2.35 bits per heavy atom. The van der Waals surface area contributed by atoms with Crippen molar-refractivity contribution < 1.29 is 4.79 Å². The van der Waals surface area contributed by atoms with Crippen molar-refractivity contribution in [3.05, 3.63) is 86.3 Å². The van der Waals surface area contributed by atoms with Crippen LogP contribution in [-0.2, 0) is 0 Å². The molecule has 0 aliphatic heterocycles. The number of halogens is 1. The van der Waals surface area contributed by atoms with Gasteiger partial charge in [-0.15, -0.1) is 0 Å². The van der Waals surface area contributed by atoms with Crippen molar-refractivity contribution in [2.24, 2.45) is 0 Å². The van der Waals surface area contributed by atoms with Gasteiger partial charge in [0.05, 0.1) is 10.7 Å². The lowest BCUT2D eigenvalue weighted by molar-refractivity contribution is 0.101. The summed E-state index contributed by atoms with van der Waals surface area (Å²) in [5.41, 5.74) is 3.23. The molecule has 1 aromatic heterocycles. The van der Waals surface area contributed by atoms with E-state index < -0.39 is 11.3 Å². The Hall–Kier alpha value is -2.92. The molecule has 132 valence electrons. The molecule has 1 heterocycles. The first kappa shape index (κ1) is 17.9. The van der Waals surface area contributed by atoms with Crippen molar-refractivity contribution in [2.75, 3.05) is 5.32 Å². The Kier molecular flexibility index (Phi) is 4.91. The van der Waals surface area contributed by atoms with Crippen molar-refractivity contribution >= 4 is 23.2 Å². The Morgan fingerprint density at radius 2 is 1.69 bits per heavy atom. The van der Waals surface area contributed by atoms with E-state index in [9.17, 15) is 9.59 Å². The number of carbonyl (C=O) groups is 1. The number of para-hydroxylation sites is 1. The number of carbonyl (C=O) groups excluding carboxylic acids is 1. The monoisotopic (exact) mass is 367 g/mol. The average Bonchev–Trinajstić information content (AvgIpc) is 2.55. The molecular weight excluding hydrogens is 350 g/mol. The van der Waals surface area contributed by atoms with E-state index in [1.807, 2.05) is 38.1 Å². The molecule has 0 unspecified atom stereocenters. The maximum atomic E-state index is 12.6. The summed E-state index contributed by atoms with van der Waals surface area (Å²) in [5.74, 6) is -0.555. The maximum Gasteiger partial charge on any atom is 0.280 e. The van der Waals surface area contributed by atoms with Gasteiger partial charge in [0.1, 0.15) is 0 Å². The molecular formula is C20H18ClN3O2. The molecule has 2 aromatic carbocycles. The van der Waals surface area contributed by atoms with E-state index >= 15 is 0 Å². The molecule has 5 nitrogen and oxygen atoms in total. The van der Waals surface area contributed by atoms with E-state index in [-0.39, 0.29) is 5.69 Å². The predicted molar refractivity (Wildman–Crippen MR) is 103 cm³/mol. The van der Waals surface area contributed by atoms with Gasteiger partial charge in [-0.05, 0) is 56.2 Å². The first-order valence-electron chi connectivity index (χ1n) is 8.10. The van der Waals surface area contributed by atoms with Gasteiger partial charge in [-0.1, -0.05) is 29.8 Å². The standard InChI is InChI=1S/C20H18ClN3O2/c1-12-8-13(2)10-15(9-12)22-20(26)19-18(25)11-14(3)24(23-19)17-7-5-4-6-16(17)21/h4-11H,1-3H3,(H,22,26). The third-order valence-corrected chi connectivity index (χ3v) is 4.20. The van der Waals surface area contributed by atoms with Crippen LogP contribution in [0.2, 0.25) is 5.02 Å². The van der Waals surface area contributed by atoms with Crippen LogP contribution in [-0.4, -0.2) is 15.7 Å². The quantitative estimate of drug-likeness (QED) is 0.759. The van der Waals surface area contributed by atoms with Crippen LogP contribution in [0.5, 0.6) is 0 Å². The summed E-state index contributed by atoms with van der Waals surface area (Å²) in [7, 11) is 0. The second-order valence-electron chi connectivity index (χ2n) is 6.19. The Labute approximate surface area is 156 Å². The number of anilines is 1. The fourth-order valence-corrected chi connectivity index (χ4v) is 3.02. The molecule has 6 heteroatoms.